The maximum Gasteiger partial charge on any atom is 0.226 e. The molecule has 2 aliphatic rings. The fraction of sp³-hybridized carbons (Fsp3) is 0.588. The van der Waals surface area contributed by atoms with E-state index in [9.17, 15) is 4.79 Å². The molecule has 2 heterocycles. The van der Waals surface area contributed by atoms with Crippen LogP contribution in [0.15, 0.2) is 24.3 Å². The molecule has 2 aliphatic heterocycles. The quantitative estimate of drug-likeness (QED) is 0.858. The van der Waals surface area contributed by atoms with Crippen LogP contribution in [0.4, 0.5) is 0 Å². The third kappa shape index (κ3) is 4.00. The van der Waals surface area contributed by atoms with Gasteiger partial charge in [0.1, 0.15) is 0 Å². The van der Waals surface area contributed by atoms with Crippen LogP contribution in [0.2, 0.25) is 5.02 Å². The summed E-state index contributed by atoms with van der Waals surface area (Å²) in [7, 11) is 0. The molecule has 0 saturated carbocycles. The van der Waals surface area contributed by atoms with Crippen molar-refractivity contribution in [3.63, 3.8) is 0 Å². The molecule has 0 bridgehead atoms. The van der Waals surface area contributed by atoms with Crippen LogP contribution in [-0.4, -0.2) is 49.8 Å². The van der Waals surface area contributed by atoms with Crippen molar-refractivity contribution in [2.24, 2.45) is 5.92 Å². The van der Waals surface area contributed by atoms with Crippen LogP contribution in [0.3, 0.4) is 0 Å². The monoisotopic (exact) mass is 323 g/mol. The molecule has 0 spiro atoms. The lowest BCUT2D eigenvalue weighted by Gasteiger charge is -2.36. The van der Waals surface area contributed by atoms with Gasteiger partial charge in [0.2, 0.25) is 5.91 Å². The highest BCUT2D eigenvalue weighted by atomic mass is 35.5. The molecule has 1 aromatic rings. The number of hydrogen-bond donors (Lipinski definition) is 0. The predicted molar refractivity (Wildman–Crippen MR) is 85.0 cm³/mol. The molecule has 2 saturated heterocycles. The van der Waals surface area contributed by atoms with E-state index in [4.69, 9.17) is 21.1 Å². The highest BCUT2D eigenvalue weighted by Crippen LogP contribution is 2.21. The lowest BCUT2D eigenvalue weighted by atomic mass is 9.97. The SMILES string of the molecule is O=C(C1CCOCC1)N1CCO[C@H](Cc2cccc(Cl)c2)C1. The van der Waals surface area contributed by atoms with E-state index in [2.05, 4.69) is 6.07 Å². The summed E-state index contributed by atoms with van der Waals surface area (Å²) in [6, 6.07) is 7.83. The Balaban J connectivity index is 1.57. The zero-order valence-corrected chi connectivity index (χ0v) is 13.4. The van der Waals surface area contributed by atoms with Gasteiger partial charge in [-0.3, -0.25) is 4.79 Å². The van der Waals surface area contributed by atoms with Crippen molar-refractivity contribution < 1.29 is 14.3 Å². The number of morpholine rings is 1. The molecule has 5 heteroatoms. The second-order valence-electron chi connectivity index (χ2n) is 6.00. The van der Waals surface area contributed by atoms with Gasteiger partial charge in [-0.15, -0.1) is 0 Å². The number of ether oxygens (including phenoxy) is 2. The normalized spacial score (nSPS) is 23.5. The van der Waals surface area contributed by atoms with Crippen LogP contribution in [0, 0.1) is 5.92 Å². The number of nitrogens with zero attached hydrogens (tertiary/aromatic N) is 1. The van der Waals surface area contributed by atoms with Gasteiger partial charge in [0.15, 0.2) is 0 Å². The van der Waals surface area contributed by atoms with Crippen LogP contribution in [0.25, 0.3) is 0 Å². The Bertz CT molecular complexity index is 516. The molecule has 2 fully saturated rings. The van der Waals surface area contributed by atoms with Crippen LogP contribution in [0.5, 0.6) is 0 Å². The largest absolute Gasteiger partial charge is 0.381 e. The molecule has 1 aromatic carbocycles. The van der Waals surface area contributed by atoms with Crippen molar-refractivity contribution in [2.75, 3.05) is 32.9 Å². The number of amides is 1. The average Bonchev–Trinajstić information content (AvgIpc) is 2.55. The summed E-state index contributed by atoms with van der Waals surface area (Å²) in [6.45, 7) is 3.38. The van der Waals surface area contributed by atoms with Crippen molar-refractivity contribution in [3.05, 3.63) is 34.9 Å². The first-order valence-corrected chi connectivity index (χ1v) is 8.33. The molecule has 4 nitrogen and oxygen atoms in total. The predicted octanol–water partition coefficient (Wildman–Crippen LogP) is 2.54. The van der Waals surface area contributed by atoms with Gasteiger partial charge in [-0.1, -0.05) is 23.7 Å². The Morgan fingerprint density at radius 2 is 2.09 bits per heavy atom. The third-order valence-electron chi connectivity index (χ3n) is 4.37. The lowest BCUT2D eigenvalue weighted by Crippen LogP contribution is -2.49. The maximum absolute atomic E-state index is 12.6. The first kappa shape index (κ1) is 15.8. The van der Waals surface area contributed by atoms with E-state index in [1.54, 1.807) is 0 Å². The van der Waals surface area contributed by atoms with Gasteiger partial charge in [0, 0.05) is 43.7 Å². The summed E-state index contributed by atoms with van der Waals surface area (Å²) in [6.07, 6.45) is 2.53. The van der Waals surface area contributed by atoms with Crippen LogP contribution >= 0.6 is 11.6 Å². The van der Waals surface area contributed by atoms with Gasteiger partial charge >= 0.3 is 0 Å². The summed E-state index contributed by atoms with van der Waals surface area (Å²) in [4.78, 5) is 14.6. The molecule has 3 rings (SSSR count). The smallest absolute Gasteiger partial charge is 0.226 e. The Hall–Kier alpha value is -1.10. The summed E-state index contributed by atoms with van der Waals surface area (Å²) < 4.78 is 11.2. The van der Waals surface area contributed by atoms with Gasteiger partial charge in [0.05, 0.1) is 12.7 Å². The Morgan fingerprint density at radius 3 is 2.86 bits per heavy atom. The molecular weight excluding hydrogens is 302 g/mol. The number of carbonyl (C=O) groups is 1. The lowest BCUT2D eigenvalue weighted by molar-refractivity contribution is -0.146. The minimum absolute atomic E-state index is 0.0519. The maximum atomic E-state index is 12.6. The molecule has 0 aliphatic carbocycles. The molecule has 0 radical (unpaired) electrons. The number of hydrogen-bond acceptors (Lipinski definition) is 3. The summed E-state index contributed by atoms with van der Waals surface area (Å²) in [5.41, 5.74) is 1.15. The fourth-order valence-electron chi connectivity index (χ4n) is 3.17. The van der Waals surface area contributed by atoms with Gasteiger partial charge < -0.3 is 14.4 Å². The molecule has 1 atom stereocenters. The van der Waals surface area contributed by atoms with Crippen molar-refractivity contribution in [1.82, 2.24) is 4.90 Å². The second-order valence-corrected chi connectivity index (χ2v) is 6.43. The van der Waals surface area contributed by atoms with Crippen molar-refractivity contribution >= 4 is 17.5 Å². The molecule has 0 N–H and O–H groups in total. The summed E-state index contributed by atoms with van der Waals surface area (Å²) >= 11 is 6.03. The number of carbonyl (C=O) groups excluding carboxylic acids is 1. The fourth-order valence-corrected chi connectivity index (χ4v) is 3.39. The van der Waals surface area contributed by atoms with E-state index in [1.807, 2.05) is 23.1 Å². The second kappa shape index (κ2) is 7.44. The topological polar surface area (TPSA) is 38.8 Å². The van der Waals surface area contributed by atoms with Crippen LogP contribution in [-0.2, 0) is 20.7 Å². The van der Waals surface area contributed by atoms with Gasteiger partial charge in [0.25, 0.3) is 0 Å². The number of rotatable bonds is 3. The number of halogens is 1. The van der Waals surface area contributed by atoms with Gasteiger partial charge in [-0.25, -0.2) is 0 Å². The molecular formula is C17H22ClNO3. The van der Waals surface area contributed by atoms with Crippen LogP contribution in [0.1, 0.15) is 18.4 Å². The van der Waals surface area contributed by atoms with Crippen molar-refractivity contribution in [3.8, 4) is 0 Å². The molecule has 120 valence electrons. The zero-order valence-electron chi connectivity index (χ0n) is 12.7. The minimum Gasteiger partial charge on any atom is -0.381 e. The third-order valence-corrected chi connectivity index (χ3v) is 4.61. The first-order chi connectivity index (χ1) is 10.7. The molecule has 0 aromatic heterocycles. The van der Waals surface area contributed by atoms with E-state index in [-0.39, 0.29) is 17.9 Å². The van der Waals surface area contributed by atoms with Gasteiger partial charge in [-0.2, -0.15) is 0 Å². The van der Waals surface area contributed by atoms with E-state index in [0.717, 1.165) is 29.8 Å². The highest BCUT2D eigenvalue weighted by Gasteiger charge is 2.30. The minimum atomic E-state index is 0.0519. The van der Waals surface area contributed by atoms with E-state index in [0.29, 0.717) is 32.9 Å². The van der Waals surface area contributed by atoms with Crippen molar-refractivity contribution in [2.45, 2.75) is 25.4 Å². The summed E-state index contributed by atoms with van der Waals surface area (Å²) in [5.74, 6) is 0.390. The molecule has 1 amide bonds. The standard InChI is InChI=1S/C17H22ClNO3/c18-15-3-1-2-13(10-15)11-16-12-19(6-9-22-16)17(20)14-4-7-21-8-5-14/h1-3,10,14,16H,4-9,11-12H2/t16-/m1/s1. The zero-order chi connectivity index (χ0) is 15.4. The Kier molecular flexibility index (Phi) is 5.34. The summed E-state index contributed by atoms with van der Waals surface area (Å²) in [5, 5.41) is 0.739. The van der Waals surface area contributed by atoms with Crippen molar-refractivity contribution in [1.29, 1.82) is 0 Å². The Labute approximate surface area is 136 Å². The number of benzene rings is 1. The molecule has 22 heavy (non-hydrogen) atoms. The highest BCUT2D eigenvalue weighted by molar-refractivity contribution is 6.30. The van der Waals surface area contributed by atoms with Crippen LogP contribution < -0.4 is 0 Å². The average molecular weight is 324 g/mol. The van der Waals surface area contributed by atoms with E-state index >= 15 is 0 Å². The van der Waals surface area contributed by atoms with Gasteiger partial charge in [-0.05, 0) is 30.5 Å². The van der Waals surface area contributed by atoms with E-state index in [1.165, 1.54) is 0 Å². The van der Waals surface area contributed by atoms with E-state index < -0.39 is 0 Å². The molecule has 0 unspecified atom stereocenters. The first-order valence-electron chi connectivity index (χ1n) is 7.95. The Morgan fingerprint density at radius 1 is 1.27 bits per heavy atom.